The van der Waals surface area contributed by atoms with Crippen LogP contribution in [0.5, 0.6) is 0 Å². The Hall–Kier alpha value is -1.72. The van der Waals surface area contributed by atoms with Crippen molar-refractivity contribution in [3.63, 3.8) is 0 Å². The number of hydrogen-bond donors (Lipinski definition) is 1. The van der Waals surface area contributed by atoms with Gasteiger partial charge in [0.1, 0.15) is 11.6 Å². The van der Waals surface area contributed by atoms with E-state index in [1.165, 1.54) is 6.07 Å². The Labute approximate surface area is 120 Å². The van der Waals surface area contributed by atoms with E-state index in [1.807, 2.05) is 12.3 Å². The number of thiophene rings is 1. The lowest BCUT2D eigenvalue weighted by Crippen LogP contribution is -2.06. The van der Waals surface area contributed by atoms with Crippen LogP contribution in [0.1, 0.15) is 23.2 Å². The summed E-state index contributed by atoms with van der Waals surface area (Å²) in [5, 5.41) is 0.703. The van der Waals surface area contributed by atoms with Crippen LogP contribution < -0.4 is 5.73 Å². The first-order valence-corrected chi connectivity index (χ1v) is 7.45. The standard InChI is InChI=1S/C15H16FN3S/c1-2-14-18-6-7-19(14)9-10-13(8-17)20-12-5-3-4-11(16)15(10)12/h3-7H,2,8-9,17H2,1H3. The lowest BCUT2D eigenvalue weighted by atomic mass is 10.1. The van der Waals surface area contributed by atoms with Gasteiger partial charge in [0, 0.05) is 40.3 Å². The van der Waals surface area contributed by atoms with Gasteiger partial charge in [-0.3, -0.25) is 0 Å². The van der Waals surface area contributed by atoms with Gasteiger partial charge in [0.25, 0.3) is 0 Å². The molecule has 0 spiro atoms. The zero-order chi connectivity index (χ0) is 14.1. The van der Waals surface area contributed by atoms with E-state index >= 15 is 0 Å². The first-order chi connectivity index (χ1) is 9.74. The third-order valence-corrected chi connectivity index (χ3v) is 4.70. The van der Waals surface area contributed by atoms with Gasteiger partial charge < -0.3 is 10.3 Å². The summed E-state index contributed by atoms with van der Waals surface area (Å²) in [6.45, 7) is 3.12. The maximum absolute atomic E-state index is 14.1. The fourth-order valence-corrected chi connectivity index (χ4v) is 3.62. The summed E-state index contributed by atoms with van der Waals surface area (Å²) in [6.07, 6.45) is 4.57. The van der Waals surface area contributed by atoms with Crippen LogP contribution in [0, 0.1) is 5.82 Å². The van der Waals surface area contributed by atoms with E-state index in [1.54, 1.807) is 23.6 Å². The SMILES string of the molecule is CCc1nccn1Cc1c(CN)sc2cccc(F)c12. The maximum atomic E-state index is 14.1. The monoisotopic (exact) mass is 289 g/mol. The number of aryl methyl sites for hydroxylation is 1. The van der Waals surface area contributed by atoms with Crippen molar-refractivity contribution >= 4 is 21.4 Å². The van der Waals surface area contributed by atoms with Gasteiger partial charge >= 0.3 is 0 Å². The third kappa shape index (κ3) is 2.13. The first kappa shape index (κ1) is 13.3. The highest BCUT2D eigenvalue weighted by molar-refractivity contribution is 7.19. The van der Waals surface area contributed by atoms with Crippen LogP contribution >= 0.6 is 11.3 Å². The summed E-state index contributed by atoms with van der Waals surface area (Å²) in [5.41, 5.74) is 6.81. The first-order valence-electron chi connectivity index (χ1n) is 6.63. The number of halogens is 1. The van der Waals surface area contributed by atoms with E-state index in [-0.39, 0.29) is 5.82 Å². The third-order valence-electron chi connectivity index (χ3n) is 3.48. The number of fused-ring (bicyclic) bond motifs is 1. The lowest BCUT2D eigenvalue weighted by molar-refractivity contribution is 0.637. The molecule has 0 amide bonds. The van der Waals surface area contributed by atoms with Gasteiger partial charge in [-0.05, 0) is 17.7 Å². The molecule has 0 fully saturated rings. The van der Waals surface area contributed by atoms with Crippen LogP contribution in [0.2, 0.25) is 0 Å². The average molecular weight is 289 g/mol. The maximum Gasteiger partial charge on any atom is 0.132 e. The van der Waals surface area contributed by atoms with Gasteiger partial charge in [0.2, 0.25) is 0 Å². The van der Waals surface area contributed by atoms with Crippen molar-refractivity contribution in [3.8, 4) is 0 Å². The Kier molecular flexibility index (Phi) is 3.54. The Morgan fingerprint density at radius 1 is 1.40 bits per heavy atom. The van der Waals surface area contributed by atoms with Crippen molar-refractivity contribution in [1.29, 1.82) is 0 Å². The van der Waals surface area contributed by atoms with E-state index < -0.39 is 0 Å². The van der Waals surface area contributed by atoms with Gasteiger partial charge in [-0.2, -0.15) is 0 Å². The second-order valence-electron chi connectivity index (χ2n) is 4.65. The van der Waals surface area contributed by atoms with E-state index in [4.69, 9.17) is 5.73 Å². The average Bonchev–Trinajstić information content (AvgIpc) is 3.04. The van der Waals surface area contributed by atoms with Crippen molar-refractivity contribution in [2.45, 2.75) is 26.4 Å². The molecule has 0 bridgehead atoms. The van der Waals surface area contributed by atoms with Crippen molar-refractivity contribution in [3.05, 3.63) is 52.7 Å². The number of nitrogens with zero attached hydrogens (tertiary/aromatic N) is 2. The quantitative estimate of drug-likeness (QED) is 0.801. The fraction of sp³-hybridized carbons (Fsp3) is 0.267. The summed E-state index contributed by atoms with van der Waals surface area (Å²) in [6, 6.07) is 5.20. The van der Waals surface area contributed by atoms with Crippen LogP contribution in [0.15, 0.2) is 30.6 Å². The molecule has 5 heteroatoms. The van der Waals surface area contributed by atoms with Gasteiger partial charge in [-0.1, -0.05) is 13.0 Å². The van der Waals surface area contributed by atoms with E-state index in [0.29, 0.717) is 18.5 Å². The fourth-order valence-electron chi connectivity index (χ4n) is 2.52. The minimum absolute atomic E-state index is 0.174. The minimum atomic E-state index is -0.174. The van der Waals surface area contributed by atoms with Crippen LogP contribution in [-0.4, -0.2) is 9.55 Å². The molecule has 20 heavy (non-hydrogen) atoms. The Morgan fingerprint density at radius 2 is 2.25 bits per heavy atom. The summed E-state index contributed by atoms with van der Waals surface area (Å²) in [7, 11) is 0. The normalized spacial score (nSPS) is 11.3. The van der Waals surface area contributed by atoms with Crippen LogP contribution in [0.25, 0.3) is 10.1 Å². The zero-order valence-electron chi connectivity index (χ0n) is 11.3. The van der Waals surface area contributed by atoms with Crippen molar-refractivity contribution in [1.82, 2.24) is 9.55 Å². The topological polar surface area (TPSA) is 43.8 Å². The molecule has 1 aromatic carbocycles. The second-order valence-corrected chi connectivity index (χ2v) is 5.78. The molecule has 2 N–H and O–H groups in total. The molecule has 0 unspecified atom stereocenters. The highest BCUT2D eigenvalue weighted by atomic mass is 32.1. The predicted molar refractivity (Wildman–Crippen MR) is 80.4 cm³/mol. The highest BCUT2D eigenvalue weighted by Gasteiger charge is 2.15. The molecule has 2 heterocycles. The molecule has 104 valence electrons. The Morgan fingerprint density at radius 3 is 3.00 bits per heavy atom. The van der Waals surface area contributed by atoms with Gasteiger partial charge in [0.15, 0.2) is 0 Å². The minimum Gasteiger partial charge on any atom is -0.330 e. The Bertz CT molecular complexity index is 745. The molecule has 0 atom stereocenters. The van der Waals surface area contributed by atoms with Gasteiger partial charge in [-0.25, -0.2) is 9.37 Å². The van der Waals surface area contributed by atoms with Crippen LogP contribution in [0.3, 0.4) is 0 Å². The zero-order valence-corrected chi connectivity index (χ0v) is 12.1. The summed E-state index contributed by atoms with van der Waals surface area (Å²) >= 11 is 1.57. The van der Waals surface area contributed by atoms with Crippen LogP contribution in [-0.2, 0) is 19.5 Å². The lowest BCUT2D eigenvalue weighted by Gasteiger charge is -2.08. The van der Waals surface area contributed by atoms with Crippen molar-refractivity contribution in [2.24, 2.45) is 5.73 Å². The number of rotatable bonds is 4. The highest BCUT2D eigenvalue weighted by Crippen LogP contribution is 2.33. The Balaban J connectivity index is 2.14. The number of benzene rings is 1. The molecule has 3 nitrogen and oxygen atoms in total. The van der Waals surface area contributed by atoms with E-state index in [9.17, 15) is 4.39 Å². The molecular weight excluding hydrogens is 273 g/mol. The van der Waals surface area contributed by atoms with Gasteiger partial charge in [0.05, 0.1) is 6.54 Å². The molecule has 0 aliphatic heterocycles. The van der Waals surface area contributed by atoms with Crippen LogP contribution in [0.4, 0.5) is 4.39 Å². The molecule has 0 aliphatic carbocycles. The van der Waals surface area contributed by atoms with Crippen molar-refractivity contribution in [2.75, 3.05) is 0 Å². The summed E-state index contributed by atoms with van der Waals surface area (Å²) in [4.78, 5) is 5.36. The smallest absolute Gasteiger partial charge is 0.132 e. The summed E-state index contributed by atoms with van der Waals surface area (Å²) < 4.78 is 17.2. The molecule has 0 radical (unpaired) electrons. The molecule has 3 rings (SSSR count). The number of nitrogens with two attached hydrogens (primary N) is 1. The number of imidazole rings is 1. The van der Waals surface area contributed by atoms with E-state index in [2.05, 4.69) is 16.5 Å². The second kappa shape index (κ2) is 5.34. The molecular formula is C15H16FN3S. The van der Waals surface area contributed by atoms with E-state index in [0.717, 1.165) is 27.4 Å². The molecule has 0 saturated heterocycles. The number of hydrogen-bond acceptors (Lipinski definition) is 3. The molecule has 2 aromatic heterocycles. The largest absolute Gasteiger partial charge is 0.330 e. The van der Waals surface area contributed by atoms with Gasteiger partial charge in [-0.15, -0.1) is 11.3 Å². The number of aromatic nitrogens is 2. The molecule has 0 aliphatic rings. The molecule has 3 aromatic rings. The van der Waals surface area contributed by atoms with Crippen molar-refractivity contribution < 1.29 is 4.39 Å². The molecule has 0 saturated carbocycles. The predicted octanol–water partition coefficient (Wildman–Crippen LogP) is 3.31. The summed E-state index contributed by atoms with van der Waals surface area (Å²) in [5.74, 6) is 0.829.